The average Bonchev–Trinajstić information content (AvgIpc) is 2.67. The van der Waals surface area contributed by atoms with Gasteiger partial charge in [0, 0.05) is 5.92 Å². The van der Waals surface area contributed by atoms with E-state index >= 15 is 0 Å². The van der Waals surface area contributed by atoms with Crippen LogP contribution in [0.3, 0.4) is 0 Å². The molecule has 1 aliphatic rings. The molecule has 0 amide bonds. The lowest BCUT2D eigenvalue weighted by molar-refractivity contribution is -0.0417. The van der Waals surface area contributed by atoms with Gasteiger partial charge in [-0.25, -0.2) is 8.78 Å². The summed E-state index contributed by atoms with van der Waals surface area (Å²) < 4.78 is 31.5. The molecule has 0 N–H and O–H groups in total. The summed E-state index contributed by atoms with van der Waals surface area (Å²) >= 11 is 0. The zero-order valence-electron chi connectivity index (χ0n) is 9.33. The second-order valence-electron chi connectivity index (χ2n) is 4.53. The Labute approximate surface area is 94.4 Å². The molecule has 2 atom stereocenters. The number of hydrogen-bond donors (Lipinski definition) is 0. The van der Waals surface area contributed by atoms with E-state index in [-0.39, 0.29) is 12.7 Å². The Bertz CT molecular complexity index is 332. The van der Waals surface area contributed by atoms with E-state index < -0.39 is 11.8 Å². The van der Waals surface area contributed by atoms with Gasteiger partial charge in [-0.05, 0) is 25.3 Å². The van der Waals surface area contributed by atoms with E-state index in [1.54, 1.807) is 0 Å². The van der Waals surface area contributed by atoms with E-state index in [0.717, 1.165) is 18.9 Å². The Morgan fingerprint density at radius 1 is 1.31 bits per heavy atom. The molecule has 2 rings (SSSR count). The molecule has 88 valence electrons. The van der Waals surface area contributed by atoms with Gasteiger partial charge < -0.3 is 4.74 Å². The standard InChI is InChI=1S/C13H16F2O/c1-13(14,15)11-8-12(16-9-11)7-10-5-3-2-4-6-10/h2-6,11-12H,7-9H2,1H3. The Morgan fingerprint density at radius 3 is 2.56 bits per heavy atom. The van der Waals surface area contributed by atoms with Crippen LogP contribution in [0.5, 0.6) is 0 Å². The molecule has 1 aromatic rings. The molecule has 1 aliphatic heterocycles. The van der Waals surface area contributed by atoms with Crippen molar-refractivity contribution in [3.8, 4) is 0 Å². The van der Waals surface area contributed by atoms with Gasteiger partial charge in [0.05, 0.1) is 12.7 Å². The second kappa shape index (κ2) is 4.50. The third-order valence-corrected chi connectivity index (χ3v) is 3.10. The van der Waals surface area contributed by atoms with Crippen LogP contribution in [0.25, 0.3) is 0 Å². The molecule has 3 heteroatoms. The molecule has 2 unspecified atom stereocenters. The van der Waals surface area contributed by atoms with Gasteiger partial charge in [-0.3, -0.25) is 0 Å². The number of halogens is 2. The molecule has 0 spiro atoms. The van der Waals surface area contributed by atoms with Crippen molar-refractivity contribution in [3.05, 3.63) is 35.9 Å². The molecular weight excluding hydrogens is 210 g/mol. The minimum atomic E-state index is -2.62. The summed E-state index contributed by atoms with van der Waals surface area (Å²) in [6.07, 6.45) is 1.13. The number of hydrogen-bond acceptors (Lipinski definition) is 1. The van der Waals surface area contributed by atoms with Gasteiger partial charge in [-0.2, -0.15) is 0 Å². The van der Waals surface area contributed by atoms with Gasteiger partial charge in [0.2, 0.25) is 5.92 Å². The summed E-state index contributed by atoms with van der Waals surface area (Å²) in [4.78, 5) is 0. The molecule has 0 radical (unpaired) electrons. The molecule has 1 nitrogen and oxygen atoms in total. The molecule has 1 aromatic carbocycles. The van der Waals surface area contributed by atoms with Crippen LogP contribution in [-0.4, -0.2) is 18.6 Å². The minimum absolute atomic E-state index is 0.0572. The van der Waals surface area contributed by atoms with E-state index in [0.29, 0.717) is 6.42 Å². The topological polar surface area (TPSA) is 9.23 Å². The van der Waals surface area contributed by atoms with Gasteiger partial charge in [0.15, 0.2) is 0 Å². The van der Waals surface area contributed by atoms with Gasteiger partial charge in [-0.1, -0.05) is 30.3 Å². The summed E-state index contributed by atoms with van der Waals surface area (Å²) in [5, 5.41) is 0. The summed E-state index contributed by atoms with van der Waals surface area (Å²) in [7, 11) is 0. The fourth-order valence-electron chi connectivity index (χ4n) is 2.08. The summed E-state index contributed by atoms with van der Waals surface area (Å²) in [6.45, 7) is 1.16. The lowest BCUT2D eigenvalue weighted by Crippen LogP contribution is -2.24. The van der Waals surface area contributed by atoms with Crippen LogP contribution in [0.4, 0.5) is 8.78 Å². The van der Waals surface area contributed by atoms with Crippen LogP contribution in [0.1, 0.15) is 18.9 Å². The van der Waals surface area contributed by atoms with Crippen LogP contribution in [-0.2, 0) is 11.2 Å². The van der Waals surface area contributed by atoms with Crippen LogP contribution in [0, 0.1) is 5.92 Å². The summed E-state index contributed by atoms with van der Waals surface area (Å²) in [5.41, 5.74) is 1.15. The van der Waals surface area contributed by atoms with E-state index in [2.05, 4.69) is 0 Å². The van der Waals surface area contributed by atoms with E-state index in [4.69, 9.17) is 4.74 Å². The quantitative estimate of drug-likeness (QED) is 0.768. The first kappa shape index (κ1) is 11.5. The third kappa shape index (κ3) is 2.79. The Morgan fingerprint density at radius 2 is 2.00 bits per heavy atom. The van der Waals surface area contributed by atoms with Gasteiger partial charge >= 0.3 is 0 Å². The number of benzene rings is 1. The zero-order chi connectivity index (χ0) is 11.6. The highest BCUT2D eigenvalue weighted by Crippen LogP contribution is 2.34. The lowest BCUT2D eigenvalue weighted by atomic mass is 9.96. The van der Waals surface area contributed by atoms with Crippen molar-refractivity contribution >= 4 is 0 Å². The highest BCUT2D eigenvalue weighted by Gasteiger charge is 2.40. The lowest BCUT2D eigenvalue weighted by Gasteiger charge is -2.16. The van der Waals surface area contributed by atoms with E-state index in [9.17, 15) is 8.78 Å². The van der Waals surface area contributed by atoms with Crippen molar-refractivity contribution < 1.29 is 13.5 Å². The Hall–Kier alpha value is -0.960. The minimum Gasteiger partial charge on any atom is -0.377 e. The monoisotopic (exact) mass is 226 g/mol. The summed E-state index contributed by atoms with van der Waals surface area (Å²) in [5.74, 6) is -3.24. The maximum Gasteiger partial charge on any atom is 0.250 e. The third-order valence-electron chi connectivity index (χ3n) is 3.10. The highest BCUT2D eigenvalue weighted by atomic mass is 19.3. The van der Waals surface area contributed by atoms with Crippen molar-refractivity contribution in [1.29, 1.82) is 0 Å². The second-order valence-corrected chi connectivity index (χ2v) is 4.53. The molecule has 16 heavy (non-hydrogen) atoms. The molecule has 0 saturated carbocycles. The summed E-state index contributed by atoms with van der Waals surface area (Å²) in [6, 6.07) is 9.86. The number of alkyl halides is 2. The number of ether oxygens (including phenoxy) is 1. The normalized spacial score (nSPS) is 25.9. The SMILES string of the molecule is CC(F)(F)C1COC(Cc2ccccc2)C1. The van der Waals surface area contributed by atoms with Gasteiger partial charge in [0.25, 0.3) is 0 Å². The van der Waals surface area contributed by atoms with Crippen LogP contribution in [0.2, 0.25) is 0 Å². The molecular formula is C13H16F2O. The maximum absolute atomic E-state index is 13.1. The number of rotatable bonds is 3. The van der Waals surface area contributed by atoms with Crippen LogP contribution >= 0.6 is 0 Å². The van der Waals surface area contributed by atoms with Crippen molar-refractivity contribution in [2.24, 2.45) is 5.92 Å². The molecule has 0 bridgehead atoms. The van der Waals surface area contributed by atoms with Crippen LogP contribution < -0.4 is 0 Å². The van der Waals surface area contributed by atoms with Crippen LogP contribution in [0.15, 0.2) is 30.3 Å². The zero-order valence-corrected chi connectivity index (χ0v) is 9.33. The first-order chi connectivity index (χ1) is 7.55. The molecule has 1 heterocycles. The predicted octanol–water partition coefficient (Wildman–Crippen LogP) is 3.29. The fourth-order valence-corrected chi connectivity index (χ4v) is 2.08. The Kier molecular flexibility index (Phi) is 3.24. The first-order valence-electron chi connectivity index (χ1n) is 5.59. The molecule has 0 aliphatic carbocycles. The van der Waals surface area contributed by atoms with E-state index in [1.807, 2.05) is 30.3 Å². The Balaban J connectivity index is 1.91. The smallest absolute Gasteiger partial charge is 0.250 e. The van der Waals surface area contributed by atoms with Crippen molar-refractivity contribution in [2.75, 3.05) is 6.61 Å². The van der Waals surface area contributed by atoms with Crippen molar-refractivity contribution in [3.63, 3.8) is 0 Å². The van der Waals surface area contributed by atoms with Crippen molar-refractivity contribution in [2.45, 2.75) is 31.8 Å². The van der Waals surface area contributed by atoms with Crippen molar-refractivity contribution in [1.82, 2.24) is 0 Å². The fraction of sp³-hybridized carbons (Fsp3) is 0.538. The van der Waals surface area contributed by atoms with Gasteiger partial charge in [0.1, 0.15) is 0 Å². The predicted molar refractivity (Wildman–Crippen MR) is 58.6 cm³/mol. The molecule has 1 fully saturated rings. The maximum atomic E-state index is 13.1. The molecule has 0 aromatic heterocycles. The van der Waals surface area contributed by atoms with E-state index in [1.165, 1.54) is 0 Å². The van der Waals surface area contributed by atoms with Gasteiger partial charge in [-0.15, -0.1) is 0 Å². The highest BCUT2D eigenvalue weighted by molar-refractivity contribution is 5.15. The first-order valence-corrected chi connectivity index (χ1v) is 5.59. The average molecular weight is 226 g/mol. The largest absolute Gasteiger partial charge is 0.377 e. The molecule has 1 saturated heterocycles.